The molecule has 2 rings (SSSR count). The van der Waals surface area contributed by atoms with E-state index < -0.39 is 11.7 Å². The Labute approximate surface area is 117 Å². The molecule has 110 valence electrons. The maximum atomic E-state index is 12.5. The van der Waals surface area contributed by atoms with E-state index in [0.717, 1.165) is 50.7 Å². The molecule has 0 aliphatic heterocycles. The summed E-state index contributed by atoms with van der Waals surface area (Å²) in [6, 6.07) is 4.61. The number of benzene rings is 1. The van der Waals surface area contributed by atoms with Gasteiger partial charge in [0.2, 0.25) is 0 Å². The van der Waals surface area contributed by atoms with Crippen LogP contribution in [-0.2, 0) is 6.18 Å². The first-order valence-electron chi connectivity index (χ1n) is 7.20. The zero-order valence-electron chi connectivity index (χ0n) is 11.4. The number of carbonyl (C=O) groups excluding carboxylic acids is 1. The molecule has 1 aromatic rings. The monoisotopic (exact) mass is 284 g/mol. The van der Waals surface area contributed by atoms with Crippen LogP contribution in [0.4, 0.5) is 13.2 Å². The van der Waals surface area contributed by atoms with Gasteiger partial charge in [-0.05, 0) is 25.0 Å². The lowest BCUT2D eigenvalue weighted by Gasteiger charge is -2.18. The van der Waals surface area contributed by atoms with Gasteiger partial charge in [-0.25, -0.2) is 0 Å². The maximum Gasteiger partial charge on any atom is 0.416 e. The topological polar surface area (TPSA) is 17.1 Å². The van der Waals surface area contributed by atoms with Gasteiger partial charge in [-0.2, -0.15) is 13.2 Å². The van der Waals surface area contributed by atoms with E-state index in [1.807, 2.05) is 0 Å². The van der Waals surface area contributed by atoms with Crippen molar-refractivity contribution in [1.29, 1.82) is 0 Å². The van der Waals surface area contributed by atoms with Gasteiger partial charge in [-0.1, -0.05) is 44.2 Å². The first-order valence-corrected chi connectivity index (χ1v) is 7.20. The molecule has 1 fully saturated rings. The van der Waals surface area contributed by atoms with E-state index in [1.165, 1.54) is 18.6 Å². The molecule has 4 heteroatoms. The van der Waals surface area contributed by atoms with E-state index in [0.29, 0.717) is 5.56 Å². The first-order chi connectivity index (χ1) is 9.48. The van der Waals surface area contributed by atoms with Gasteiger partial charge < -0.3 is 0 Å². The molecule has 0 bridgehead atoms. The lowest BCUT2D eigenvalue weighted by atomic mass is 9.85. The van der Waals surface area contributed by atoms with Crippen molar-refractivity contribution in [2.75, 3.05) is 0 Å². The van der Waals surface area contributed by atoms with E-state index >= 15 is 0 Å². The predicted molar refractivity (Wildman–Crippen MR) is 71.6 cm³/mol. The number of Topliss-reactive ketones (excluding diaryl/α,β-unsaturated/α-hetero) is 1. The van der Waals surface area contributed by atoms with Gasteiger partial charge >= 0.3 is 6.18 Å². The summed E-state index contributed by atoms with van der Waals surface area (Å²) in [5.41, 5.74) is -0.296. The Morgan fingerprint density at radius 3 is 1.90 bits per heavy atom. The molecule has 20 heavy (non-hydrogen) atoms. The lowest BCUT2D eigenvalue weighted by molar-refractivity contribution is -0.137. The smallest absolute Gasteiger partial charge is 0.294 e. The van der Waals surface area contributed by atoms with E-state index in [4.69, 9.17) is 0 Å². The van der Waals surface area contributed by atoms with Crippen molar-refractivity contribution >= 4 is 5.78 Å². The van der Waals surface area contributed by atoms with Crippen molar-refractivity contribution in [2.24, 2.45) is 5.92 Å². The maximum absolute atomic E-state index is 12.5. The minimum Gasteiger partial charge on any atom is -0.294 e. The number of halogens is 3. The molecule has 0 amide bonds. The number of carbonyl (C=O) groups is 1. The van der Waals surface area contributed by atoms with Gasteiger partial charge in [0, 0.05) is 11.5 Å². The van der Waals surface area contributed by atoms with E-state index in [-0.39, 0.29) is 11.7 Å². The second-order valence-electron chi connectivity index (χ2n) is 5.48. The molecular weight excluding hydrogens is 265 g/mol. The number of hydrogen-bond donors (Lipinski definition) is 0. The van der Waals surface area contributed by atoms with Crippen LogP contribution in [0.1, 0.15) is 60.9 Å². The number of alkyl halides is 3. The number of rotatable bonds is 2. The second kappa shape index (κ2) is 6.42. The van der Waals surface area contributed by atoms with Crippen LogP contribution in [0.15, 0.2) is 24.3 Å². The fourth-order valence-electron chi connectivity index (χ4n) is 2.78. The van der Waals surface area contributed by atoms with E-state index in [1.54, 1.807) is 0 Å². The van der Waals surface area contributed by atoms with Crippen LogP contribution in [0.2, 0.25) is 0 Å². The minimum atomic E-state index is -4.35. The summed E-state index contributed by atoms with van der Waals surface area (Å²) in [4.78, 5) is 12.3. The quantitative estimate of drug-likeness (QED) is 0.678. The highest BCUT2D eigenvalue weighted by molar-refractivity contribution is 5.97. The highest BCUT2D eigenvalue weighted by atomic mass is 19.4. The molecule has 1 aliphatic carbocycles. The van der Waals surface area contributed by atoms with E-state index in [9.17, 15) is 18.0 Å². The largest absolute Gasteiger partial charge is 0.416 e. The third-order valence-corrected chi connectivity index (χ3v) is 3.97. The van der Waals surface area contributed by atoms with Crippen LogP contribution in [0, 0.1) is 5.92 Å². The fraction of sp³-hybridized carbons (Fsp3) is 0.562. The van der Waals surface area contributed by atoms with Gasteiger partial charge in [0.1, 0.15) is 0 Å². The van der Waals surface area contributed by atoms with Crippen LogP contribution in [0.3, 0.4) is 0 Å². The van der Waals surface area contributed by atoms with Crippen molar-refractivity contribution in [2.45, 2.75) is 51.1 Å². The summed E-state index contributed by atoms with van der Waals surface area (Å²) in [6.07, 6.45) is 2.98. The van der Waals surface area contributed by atoms with Crippen LogP contribution < -0.4 is 0 Å². The van der Waals surface area contributed by atoms with Crippen molar-refractivity contribution in [3.05, 3.63) is 35.4 Å². The highest BCUT2D eigenvalue weighted by Crippen LogP contribution is 2.30. The fourth-order valence-corrected chi connectivity index (χ4v) is 2.78. The Kier molecular flexibility index (Phi) is 4.84. The lowest BCUT2D eigenvalue weighted by Crippen LogP contribution is -2.16. The average molecular weight is 284 g/mol. The van der Waals surface area contributed by atoms with Crippen LogP contribution in [-0.4, -0.2) is 5.78 Å². The summed E-state index contributed by atoms with van der Waals surface area (Å²) in [6.45, 7) is 0. The summed E-state index contributed by atoms with van der Waals surface area (Å²) >= 11 is 0. The Balaban J connectivity index is 2.08. The van der Waals surface area contributed by atoms with Crippen LogP contribution in [0.5, 0.6) is 0 Å². The summed E-state index contributed by atoms with van der Waals surface area (Å²) in [5, 5.41) is 0. The standard InChI is InChI=1S/C16H19F3O/c17-16(18,19)14-10-8-13(9-11-14)15(20)12-6-4-2-1-3-5-7-12/h8-12H,1-7H2. The molecule has 0 unspecified atom stereocenters. The van der Waals surface area contributed by atoms with E-state index in [2.05, 4.69) is 0 Å². The Bertz CT molecular complexity index is 440. The summed E-state index contributed by atoms with van der Waals surface area (Å²) in [5.74, 6) is -0.0207. The Hall–Kier alpha value is -1.32. The molecule has 1 aromatic carbocycles. The molecule has 0 spiro atoms. The average Bonchev–Trinajstić information content (AvgIpc) is 2.37. The molecule has 0 saturated heterocycles. The summed E-state index contributed by atoms with van der Waals surface area (Å²) < 4.78 is 37.5. The zero-order chi connectivity index (χ0) is 14.6. The molecule has 1 aliphatic rings. The van der Waals surface area contributed by atoms with Crippen molar-refractivity contribution in [3.63, 3.8) is 0 Å². The summed E-state index contributed by atoms with van der Waals surface area (Å²) in [7, 11) is 0. The van der Waals surface area contributed by atoms with Crippen LogP contribution in [0.25, 0.3) is 0 Å². The number of ketones is 1. The van der Waals surface area contributed by atoms with Crippen LogP contribution >= 0.6 is 0 Å². The van der Waals surface area contributed by atoms with Gasteiger partial charge in [0.15, 0.2) is 5.78 Å². The number of hydrogen-bond acceptors (Lipinski definition) is 1. The third-order valence-electron chi connectivity index (χ3n) is 3.97. The molecule has 1 saturated carbocycles. The van der Waals surface area contributed by atoms with Gasteiger partial charge in [-0.3, -0.25) is 4.79 Å². The Morgan fingerprint density at radius 1 is 0.900 bits per heavy atom. The molecule has 1 nitrogen and oxygen atoms in total. The van der Waals surface area contributed by atoms with Gasteiger partial charge in [0.25, 0.3) is 0 Å². The molecular formula is C16H19F3O. The highest BCUT2D eigenvalue weighted by Gasteiger charge is 2.30. The predicted octanol–water partition coefficient (Wildman–Crippen LogP) is 5.25. The molecule has 0 heterocycles. The van der Waals surface area contributed by atoms with Gasteiger partial charge in [0.05, 0.1) is 5.56 Å². The molecule has 0 aromatic heterocycles. The Morgan fingerprint density at radius 2 is 1.40 bits per heavy atom. The van der Waals surface area contributed by atoms with Gasteiger partial charge in [-0.15, -0.1) is 0 Å². The third kappa shape index (κ3) is 3.84. The first kappa shape index (κ1) is 15.1. The van der Waals surface area contributed by atoms with Crippen molar-refractivity contribution in [1.82, 2.24) is 0 Å². The molecule has 0 atom stereocenters. The normalized spacial score (nSPS) is 18.4. The second-order valence-corrected chi connectivity index (χ2v) is 5.48. The van der Waals surface area contributed by atoms with Crippen molar-refractivity contribution in [3.8, 4) is 0 Å². The van der Waals surface area contributed by atoms with Crippen molar-refractivity contribution < 1.29 is 18.0 Å². The molecule has 0 radical (unpaired) electrons. The minimum absolute atomic E-state index is 0.000578. The zero-order valence-corrected chi connectivity index (χ0v) is 11.4. The molecule has 0 N–H and O–H groups in total. The SMILES string of the molecule is O=C(c1ccc(C(F)(F)F)cc1)C1CCCCCCC1.